The van der Waals surface area contributed by atoms with E-state index in [-0.39, 0.29) is 5.88 Å². The lowest BCUT2D eigenvalue weighted by molar-refractivity contribution is 0.501. The summed E-state index contributed by atoms with van der Waals surface area (Å²) in [7, 11) is -2.28. The Morgan fingerprint density at radius 1 is 1.86 bits per heavy atom. The Hall–Kier alpha value is 0.640. The highest BCUT2D eigenvalue weighted by molar-refractivity contribution is 7.41. The molecule has 0 saturated carbocycles. The minimum atomic E-state index is -2.28. The van der Waals surface area contributed by atoms with Crippen molar-refractivity contribution in [3.8, 4) is 0 Å². The van der Waals surface area contributed by atoms with Crippen LogP contribution in [0.3, 0.4) is 0 Å². The zero-order valence-electron chi connectivity index (χ0n) is 3.34. The summed E-state index contributed by atoms with van der Waals surface area (Å²) in [5.41, 5.74) is 0. The highest BCUT2D eigenvalue weighted by atomic mass is 35.5. The van der Waals surface area contributed by atoms with Crippen molar-refractivity contribution in [1.82, 2.24) is 0 Å². The Bertz CT molecular complexity index is 76.1. The number of hydrogen-bond acceptors (Lipinski definition) is 1. The molecular formula is C2H4Cl2O2P+. The molecule has 1 N–H and O–H groups in total. The Balaban J connectivity index is 3.34. The molecule has 0 heterocycles. The molecule has 0 aromatic heterocycles. The van der Waals surface area contributed by atoms with Crippen LogP contribution in [-0.4, -0.2) is 15.9 Å². The zero-order chi connectivity index (χ0) is 5.86. The standard InChI is InChI=1S/C2H3Cl2O2P/c3-1-2(4)7(5)6/h2H,1H2/p+1. The maximum Gasteiger partial charge on any atom is 0.526 e. The van der Waals surface area contributed by atoms with Gasteiger partial charge < -0.3 is 0 Å². The number of halogens is 2. The zero-order valence-corrected chi connectivity index (χ0v) is 5.75. The monoisotopic (exact) mass is 161 g/mol. The van der Waals surface area contributed by atoms with E-state index in [4.69, 9.17) is 28.1 Å². The first-order valence-corrected chi connectivity index (χ1v) is 3.79. The molecule has 2 nitrogen and oxygen atoms in total. The Morgan fingerprint density at radius 2 is 2.29 bits per heavy atom. The van der Waals surface area contributed by atoms with Crippen LogP contribution in [0.2, 0.25) is 0 Å². The van der Waals surface area contributed by atoms with E-state index in [2.05, 4.69) is 0 Å². The summed E-state index contributed by atoms with van der Waals surface area (Å²) in [5.74, 6) is 0.0211. The maximum atomic E-state index is 9.86. The number of rotatable bonds is 2. The van der Waals surface area contributed by atoms with Gasteiger partial charge in [0, 0.05) is 0 Å². The second-order valence-corrected chi connectivity index (χ2v) is 3.26. The van der Waals surface area contributed by atoms with Crippen LogP contribution in [0.5, 0.6) is 0 Å². The SMILES string of the molecule is O=[P+](O)C(Cl)CCl. The molecule has 0 fully saturated rings. The van der Waals surface area contributed by atoms with Crippen molar-refractivity contribution < 1.29 is 9.46 Å². The van der Waals surface area contributed by atoms with Crippen molar-refractivity contribution >= 4 is 31.2 Å². The van der Waals surface area contributed by atoms with E-state index in [1.54, 1.807) is 0 Å². The van der Waals surface area contributed by atoms with Gasteiger partial charge in [-0.1, -0.05) is 11.6 Å². The summed E-state index contributed by atoms with van der Waals surface area (Å²) in [6, 6.07) is 0. The largest absolute Gasteiger partial charge is 0.526 e. The van der Waals surface area contributed by atoms with Gasteiger partial charge in [0.2, 0.25) is 0 Å². The van der Waals surface area contributed by atoms with Crippen molar-refractivity contribution in [3.63, 3.8) is 0 Å². The summed E-state index contributed by atoms with van der Waals surface area (Å²) in [6.45, 7) is 0. The molecule has 0 aliphatic rings. The van der Waals surface area contributed by atoms with Crippen molar-refractivity contribution in [2.45, 2.75) is 5.12 Å². The molecule has 2 unspecified atom stereocenters. The first-order valence-electron chi connectivity index (χ1n) is 1.53. The summed E-state index contributed by atoms with van der Waals surface area (Å²) in [6.07, 6.45) is 0. The lowest BCUT2D eigenvalue weighted by atomic mass is 10.9. The molecule has 0 aliphatic carbocycles. The first-order chi connectivity index (χ1) is 3.18. The smallest absolute Gasteiger partial charge is 0.160 e. The quantitative estimate of drug-likeness (QED) is 0.493. The van der Waals surface area contributed by atoms with Crippen molar-refractivity contribution in [2.75, 3.05) is 5.88 Å². The van der Waals surface area contributed by atoms with Crippen LogP contribution in [0.1, 0.15) is 0 Å². The van der Waals surface area contributed by atoms with Gasteiger partial charge in [0.1, 0.15) is 0 Å². The molecule has 0 bridgehead atoms. The van der Waals surface area contributed by atoms with Gasteiger partial charge in [-0.15, -0.1) is 11.6 Å². The maximum absolute atomic E-state index is 9.86. The van der Waals surface area contributed by atoms with E-state index in [1.807, 2.05) is 0 Å². The molecule has 0 spiro atoms. The predicted molar refractivity (Wildman–Crippen MR) is 30.2 cm³/mol. The lowest BCUT2D eigenvalue weighted by Crippen LogP contribution is -1.90. The highest BCUT2D eigenvalue weighted by Crippen LogP contribution is 2.26. The van der Waals surface area contributed by atoms with Crippen LogP contribution in [0.25, 0.3) is 0 Å². The van der Waals surface area contributed by atoms with Gasteiger partial charge in [0.25, 0.3) is 5.12 Å². The second-order valence-electron chi connectivity index (χ2n) is 0.891. The van der Waals surface area contributed by atoms with Crippen LogP contribution in [0.15, 0.2) is 0 Å². The molecule has 0 rings (SSSR count). The third-order valence-electron chi connectivity index (χ3n) is 0.367. The molecule has 5 heteroatoms. The van der Waals surface area contributed by atoms with E-state index in [0.717, 1.165) is 0 Å². The van der Waals surface area contributed by atoms with E-state index in [0.29, 0.717) is 0 Å². The Kier molecular flexibility index (Phi) is 3.95. The van der Waals surface area contributed by atoms with Crippen LogP contribution < -0.4 is 0 Å². The average molecular weight is 162 g/mol. The molecular weight excluding hydrogens is 158 g/mol. The molecule has 0 aliphatic heterocycles. The van der Waals surface area contributed by atoms with E-state index >= 15 is 0 Å². The molecule has 0 amide bonds. The van der Waals surface area contributed by atoms with E-state index in [1.165, 1.54) is 0 Å². The number of hydrogen-bond donors (Lipinski definition) is 1. The molecule has 2 atom stereocenters. The topological polar surface area (TPSA) is 37.3 Å². The van der Waals surface area contributed by atoms with Crippen LogP contribution >= 0.6 is 31.2 Å². The second kappa shape index (κ2) is 3.62. The summed E-state index contributed by atoms with van der Waals surface area (Å²) < 4.78 is 9.86. The molecule has 42 valence electrons. The minimum Gasteiger partial charge on any atom is -0.160 e. The van der Waals surface area contributed by atoms with Gasteiger partial charge in [-0.3, -0.25) is 0 Å². The van der Waals surface area contributed by atoms with Gasteiger partial charge in [0.15, 0.2) is 0 Å². The van der Waals surface area contributed by atoms with Crippen LogP contribution in [0, 0.1) is 0 Å². The molecule has 7 heavy (non-hydrogen) atoms. The minimum absolute atomic E-state index is 0.0211. The number of alkyl halides is 2. The van der Waals surface area contributed by atoms with Crippen molar-refractivity contribution in [3.05, 3.63) is 0 Å². The van der Waals surface area contributed by atoms with Gasteiger partial charge in [-0.25, -0.2) is 0 Å². The van der Waals surface area contributed by atoms with Gasteiger partial charge in [-0.05, 0) is 4.57 Å². The lowest BCUT2D eigenvalue weighted by Gasteiger charge is -1.79. The van der Waals surface area contributed by atoms with Gasteiger partial charge in [-0.2, -0.15) is 4.89 Å². The van der Waals surface area contributed by atoms with Gasteiger partial charge in [0.05, 0.1) is 5.88 Å². The fourth-order valence-electron chi connectivity index (χ4n) is 0.0590. The summed E-state index contributed by atoms with van der Waals surface area (Å²) in [4.78, 5) is 8.11. The Morgan fingerprint density at radius 3 is 2.29 bits per heavy atom. The summed E-state index contributed by atoms with van der Waals surface area (Å²) >= 11 is 10.2. The normalized spacial score (nSPS) is 16.1. The first kappa shape index (κ1) is 7.64. The Labute approximate surface area is 52.3 Å². The molecule has 0 aromatic rings. The van der Waals surface area contributed by atoms with Gasteiger partial charge >= 0.3 is 8.03 Å². The van der Waals surface area contributed by atoms with Crippen LogP contribution in [-0.2, 0) is 4.57 Å². The predicted octanol–water partition coefficient (Wildman–Crippen LogP) is 1.52. The summed E-state index contributed by atoms with van der Waals surface area (Å²) in [5, 5.41) is -0.795. The van der Waals surface area contributed by atoms with E-state index < -0.39 is 13.1 Å². The molecule has 0 aromatic carbocycles. The third kappa shape index (κ3) is 3.24. The van der Waals surface area contributed by atoms with Crippen LogP contribution in [0.4, 0.5) is 0 Å². The average Bonchev–Trinajstić information content (AvgIpc) is 1.65. The highest BCUT2D eigenvalue weighted by Gasteiger charge is 2.23. The molecule has 0 radical (unpaired) electrons. The molecule has 0 saturated heterocycles. The van der Waals surface area contributed by atoms with Crippen molar-refractivity contribution in [2.24, 2.45) is 0 Å². The van der Waals surface area contributed by atoms with E-state index in [9.17, 15) is 4.57 Å². The fourth-order valence-corrected chi connectivity index (χ4v) is 0.531. The van der Waals surface area contributed by atoms with Crippen molar-refractivity contribution in [1.29, 1.82) is 0 Å². The third-order valence-corrected chi connectivity index (χ3v) is 2.37. The fraction of sp³-hybridized carbons (Fsp3) is 1.00.